The molecule has 0 aliphatic rings. The van der Waals surface area contributed by atoms with Gasteiger partial charge in [-0.25, -0.2) is 19.9 Å². The molecule has 15 nitrogen and oxygen atoms in total. The van der Waals surface area contributed by atoms with E-state index in [2.05, 4.69) is 55.6 Å². The number of nitrogens with two attached hydrogens (primary N) is 1. The second kappa shape index (κ2) is 23.4. The molecule has 0 fully saturated rings. The van der Waals surface area contributed by atoms with Crippen molar-refractivity contribution in [2.75, 3.05) is 16.0 Å². The van der Waals surface area contributed by atoms with Crippen LogP contribution >= 0.6 is 0 Å². The molecule has 4 N–H and O–H groups in total. The number of rotatable bonds is 9. The molecule has 8 aromatic rings. The van der Waals surface area contributed by atoms with Crippen molar-refractivity contribution in [3.63, 3.8) is 0 Å². The third-order valence-electron chi connectivity index (χ3n) is 8.54. The van der Waals surface area contributed by atoms with Crippen molar-refractivity contribution in [3.05, 3.63) is 169 Å². The van der Waals surface area contributed by atoms with E-state index in [-0.39, 0.29) is 41.1 Å². The summed E-state index contributed by atoms with van der Waals surface area (Å²) in [7, 11) is 0. The molecule has 0 spiro atoms. The summed E-state index contributed by atoms with van der Waals surface area (Å²) < 4.78 is 32.7. The molecule has 8 heterocycles. The van der Waals surface area contributed by atoms with Crippen LogP contribution in [-0.2, 0) is 22.4 Å². The normalized spacial score (nSPS) is 10.4. The molecule has 320 valence electrons. The Kier molecular flexibility index (Phi) is 16.7. The summed E-state index contributed by atoms with van der Waals surface area (Å²) in [5.74, 6) is -1.29. The van der Waals surface area contributed by atoms with Gasteiger partial charge in [-0.3, -0.25) is 19.6 Å². The molecule has 8 rings (SSSR count). The number of halogens is 3. The molecule has 0 aliphatic carbocycles. The fourth-order valence-corrected chi connectivity index (χ4v) is 5.80. The van der Waals surface area contributed by atoms with Gasteiger partial charge in [-0.2, -0.15) is 29.2 Å². The van der Waals surface area contributed by atoms with Crippen molar-refractivity contribution >= 4 is 23.5 Å². The van der Waals surface area contributed by atoms with Gasteiger partial charge in [0.15, 0.2) is 0 Å². The van der Waals surface area contributed by atoms with Gasteiger partial charge >= 0.3 is 33.9 Å². The predicted octanol–water partition coefficient (Wildman–Crippen LogP) is 3.87. The Morgan fingerprint density at radius 2 is 1.16 bits per heavy atom. The summed E-state index contributed by atoms with van der Waals surface area (Å²) in [6.07, 6.45) is 12.5. The SMILES string of the molecule is Cc1cc(CC(=O)Nc2ccc(-c3cccnn3)cn2)cnc1-c1ccnc(F)c1.Cc1cc(CC(=O)O)cnc1-c1ccnc(F)c1.Nc1ccc(-c2cccnn2)cn1.[2H][I-]C. The van der Waals surface area contributed by atoms with Crippen molar-refractivity contribution in [1.29, 1.82) is 0.594 Å². The number of aliphatic carboxylic acids is 1. The number of aromatic nitrogens is 10. The number of carbonyl (C=O) groups is 2. The van der Waals surface area contributed by atoms with Gasteiger partial charge in [0.2, 0.25) is 17.8 Å². The van der Waals surface area contributed by atoms with Crippen LogP contribution in [0, 0.1) is 25.7 Å². The summed E-state index contributed by atoms with van der Waals surface area (Å²) in [5.41, 5.74) is 14.3. The Morgan fingerprint density at radius 1 is 0.651 bits per heavy atom. The summed E-state index contributed by atoms with van der Waals surface area (Å²) in [5, 5.41) is 27.1. The number of anilines is 2. The number of carbonyl (C=O) groups excluding carboxylic acids is 1. The van der Waals surface area contributed by atoms with Gasteiger partial charge in [-0.1, -0.05) is 12.1 Å². The Balaban J connectivity index is 0.000000192. The summed E-state index contributed by atoms with van der Waals surface area (Å²) in [4.78, 5) is 48.7. The number of nitrogen functional groups attached to an aromatic ring is 1. The van der Waals surface area contributed by atoms with Gasteiger partial charge in [-0.15, -0.1) is 0 Å². The molecule has 8 aromatic heterocycles. The summed E-state index contributed by atoms with van der Waals surface area (Å²) in [6.45, 7) is 3.68. The molecule has 0 aromatic carbocycles. The Labute approximate surface area is 375 Å². The van der Waals surface area contributed by atoms with Crippen LogP contribution in [0.2, 0.25) is 0 Å². The average molecular weight is 963 g/mol. The minimum atomic E-state index is -0.904. The second-order valence-corrected chi connectivity index (χ2v) is 13.2. The predicted molar refractivity (Wildman–Crippen MR) is 230 cm³/mol. The minimum absolute atomic E-state index is 0.0706. The summed E-state index contributed by atoms with van der Waals surface area (Å²) >= 11 is -0.160. The van der Waals surface area contributed by atoms with E-state index in [1.165, 1.54) is 30.7 Å². The summed E-state index contributed by atoms with van der Waals surface area (Å²) in [6, 6.07) is 24.1. The van der Waals surface area contributed by atoms with Crippen LogP contribution in [0.3, 0.4) is 0 Å². The molecule has 1 amide bonds. The zero-order chi connectivity index (χ0) is 45.8. The monoisotopic (exact) mass is 962 g/mol. The maximum atomic E-state index is 13.4. The molecule has 63 heavy (non-hydrogen) atoms. The average Bonchev–Trinajstić information content (AvgIpc) is 3.28. The number of aryl methyl sites for hydroxylation is 2. The van der Waals surface area contributed by atoms with E-state index in [0.29, 0.717) is 45.4 Å². The van der Waals surface area contributed by atoms with Crippen LogP contribution in [0.15, 0.2) is 135 Å². The van der Waals surface area contributed by atoms with Crippen molar-refractivity contribution in [2.45, 2.75) is 26.7 Å². The van der Waals surface area contributed by atoms with Gasteiger partial charge < -0.3 is 16.2 Å². The molecule has 0 radical (unpaired) electrons. The zero-order valence-corrected chi connectivity index (χ0v) is 36.2. The molecule has 0 bridgehead atoms. The van der Waals surface area contributed by atoms with Gasteiger partial charge in [0.05, 0.1) is 35.6 Å². The Morgan fingerprint density at radius 3 is 1.57 bits per heavy atom. The van der Waals surface area contributed by atoms with Crippen LogP contribution < -0.4 is 33.4 Å². The molecule has 0 atom stereocenters. The first-order chi connectivity index (χ1) is 30.9. The van der Waals surface area contributed by atoms with E-state index in [9.17, 15) is 18.4 Å². The van der Waals surface area contributed by atoms with Crippen molar-refractivity contribution in [2.24, 2.45) is 0 Å². The number of alkyl halides is 1. The van der Waals surface area contributed by atoms with Gasteiger partial charge in [-0.05, 0) is 96.8 Å². The van der Waals surface area contributed by atoms with Gasteiger partial charge in [0.1, 0.15) is 11.6 Å². The molecule has 0 saturated heterocycles. The Bertz CT molecular complexity index is 2760. The number of nitrogens with zero attached hydrogens (tertiary/aromatic N) is 10. The first kappa shape index (κ1) is 44.9. The number of hydrogen-bond acceptors (Lipinski definition) is 13. The first-order valence-corrected chi connectivity index (χ1v) is 20.9. The Hall–Kier alpha value is -7.61. The first-order valence-electron chi connectivity index (χ1n) is 19.2. The number of amides is 1. The second-order valence-electron chi connectivity index (χ2n) is 13.2. The van der Waals surface area contributed by atoms with Crippen molar-refractivity contribution in [3.8, 4) is 45.0 Å². The van der Waals surface area contributed by atoms with Crippen LogP contribution in [0.4, 0.5) is 20.4 Å². The van der Waals surface area contributed by atoms with E-state index >= 15 is 0 Å². The molecule has 0 saturated carbocycles. The molecular formula is C45H40F2IN12O3-. The molecular weight excluding hydrogens is 921 g/mol. The number of carboxylic acids is 1. The van der Waals surface area contributed by atoms with Crippen molar-refractivity contribution in [1.82, 2.24) is 50.3 Å². The van der Waals surface area contributed by atoms with Gasteiger partial charge in [0.25, 0.3) is 0 Å². The van der Waals surface area contributed by atoms with E-state index in [0.717, 1.165) is 33.5 Å². The standard InChI is InChI=1S/C22H17FN6O.C13H11FN2O2.C9H8N4.CH4I/c1-14-9-15(12-26-22(14)16-6-8-24-19(23)11-16)10-21(30)28-20-5-4-17(13-25-20)18-3-2-7-27-29-18;1-8-4-9(5-12(17)18)7-16-13(8)10-2-3-15-11(14)6-10;10-9-4-3-7(6-11-9)8-2-1-5-12-13-8;1-2/h2-9,11-13H,10H2,1H3,(H,25,28,30);2-4,6-7H,5H2,1H3,(H,17,18);1-6H,(H2,10,11);2H,1H3/q;;;-1/i;;;2D. The van der Waals surface area contributed by atoms with Crippen LogP contribution in [0.5, 0.6) is 0 Å². The fraction of sp³-hybridized carbons (Fsp3) is 0.111. The third kappa shape index (κ3) is 14.2. The van der Waals surface area contributed by atoms with E-state index in [1.807, 2.05) is 55.2 Å². The van der Waals surface area contributed by atoms with Gasteiger partial charge in [0, 0.05) is 84.0 Å². The van der Waals surface area contributed by atoms with Crippen LogP contribution in [0.1, 0.15) is 22.3 Å². The third-order valence-corrected chi connectivity index (χ3v) is 8.54. The van der Waals surface area contributed by atoms with E-state index in [4.69, 9.17) is 11.4 Å². The molecule has 0 aliphatic heterocycles. The number of hydrogen-bond donors (Lipinski definition) is 3. The topological polar surface area (TPSA) is 221 Å². The quantitative estimate of drug-likeness (QED) is 0.106. The number of nitrogens with one attached hydrogen (secondary N) is 1. The van der Waals surface area contributed by atoms with E-state index < -0.39 is 17.9 Å². The number of pyridine rings is 6. The number of carboxylic acid groups (broad SMARTS) is 1. The van der Waals surface area contributed by atoms with Crippen LogP contribution in [-0.4, -0.2) is 72.8 Å². The zero-order valence-electron chi connectivity index (χ0n) is 35.1. The van der Waals surface area contributed by atoms with E-state index in [1.54, 1.807) is 67.4 Å². The molecule has 18 heteroatoms. The maximum absolute atomic E-state index is 13.4. The van der Waals surface area contributed by atoms with Crippen molar-refractivity contribution < 1.29 is 45.9 Å². The fourth-order valence-electron chi connectivity index (χ4n) is 5.80. The van der Waals surface area contributed by atoms with Crippen LogP contribution in [0.25, 0.3) is 45.0 Å². The molecule has 0 unspecified atom stereocenters.